The second-order valence-corrected chi connectivity index (χ2v) is 3.15. The number of aromatic nitrogens is 2. The van der Waals surface area contributed by atoms with Gasteiger partial charge in [-0.05, 0) is 11.8 Å². The van der Waals surface area contributed by atoms with E-state index in [1.807, 2.05) is 0 Å². The zero-order valence-electron chi connectivity index (χ0n) is 5.48. The van der Waals surface area contributed by atoms with Gasteiger partial charge in [-0.1, -0.05) is 0 Å². The lowest BCUT2D eigenvalue weighted by atomic mass is 10.4. The third kappa shape index (κ3) is 0.970. The fourth-order valence-corrected chi connectivity index (χ4v) is 1.68. The van der Waals surface area contributed by atoms with Crippen molar-refractivity contribution in [3.8, 4) is 0 Å². The van der Waals surface area contributed by atoms with Crippen molar-refractivity contribution >= 4 is 22.8 Å². The minimum absolute atomic E-state index is 0.0198. The molecule has 0 saturated carbocycles. The molecule has 0 aliphatic carbocycles. The maximum absolute atomic E-state index is 11.0. The highest BCUT2D eigenvalue weighted by Crippen LogP contribution is 2.23. The standard InChI is InChI=1S/C6H4N2O2S/c9-4-3-5(10)11-6-7-1-2-8(4)6/h1-2H,3H2. The number of hydrogen-bond acceptors (Lipinski definition) is 4. The molecule has 1 aromatic rings. The van der Waals surface area contributed by atoms with Crippen molar-refractivity contribution < 1.29 is 9.59 Å². The van der Waals surface area contributed by atoms with Crippen LogP contribution in [0.4, 0.5) is 0 Å². The summed E-state index contributed by atoms with van der Waals surface area (Å²) in [7, 11) is 0. The Bertz CT molecular complexity index is 331. The van der Waals surface area contributed by atoms with E-state index in [0.29, 0.717) is 5.16 Å². The summed E-state index contributed by atoms with van der Waals surface area (Å²) in [5.74, 6) is -0.193. The molecule has 1 aromatic heterocycles. The lowest BCUT2D eigenvalue weighted by Gasteiger charge is -2.08. The van der Waals surface area contributed by atoms with Gasteiger partial charge in [0.15, 0.2) is 5.16 Å². The molecule has 11 heavy (non-hydrogen) atoms. The van der Waals surface area contributed by atoms with Gasteiger partial charge in [0.1, 0.15) is 0 Å². The summed E-state index contributed by atoms with van der Waals surface area (Å²) in [6.07, 6.45) is 3.06. The molecule has 0 bridgehead atoms. The van der Waals surface area contributed by atoms with Gasteiger partial charge in [-0.2, -0.15) is 0 Å². The van der Waals surface area contributed by atoms with E-state index in [1.54, 1.807) is 6.20 Å². The maximum Gasteiger partial charge on any atom is 0.241 e. The van der Waals surface area contributed by atoms with Crippen LogP contribution in [0.25, 0.3) is 0 Å². The summed E-state index contributed by atoms with van der Waals surface area (Å²) in [5.41, 5.74) is 0. The van der Waals surface area contributed by atoms with E-state index in [4.69, 9.17) is 0 Å². The first kappa shape index (κ1) is 6.60. The SMILES string of the molecule is O=C1CC(=O)n2ccnc2S1. The predicted octanol–water partition coefficient (Wildman–Crippen LogP) is 0.546. The lowest BCUT2D eigenvalue weighted by Crippen LogP contribution is -2.19. The van der Waals surface area contributed by atoms with E-state index in [2.05, 4.69) is 4.98 Å². The van der Waals surface area contributed by atoms with Crippen LogP contribution in [-0.4, -0.2) is 20.6 Å². The smallest absolute Gasteiger partial charge is 0.241 e. The minimum Gasteiger partial charge on any atom is -0.286 e. The monoisotopic (exact) mass is 168 g/mol. The normalized spacial score (nSPS) is 16.7. The number of carbonyl (C=O) groups is 2. The van der Waals surface area contributed by atoms with E-state index < -0.39 is 0 Å². The molecule has 0 saturated heterocycles. The van der Waals surface area contributed by atoms with Crippen molar-refractivity contribution in [2.24, 2.45) is 0 Å². The van der Waals surface area contributed by atoms with Gasteiger partial charge in [0.25, 0.3) is 0 Å². The first-order chi connectivity index (χ1) is 5.27. The molecule has 1 aliphatic rings. The summed E-state index contributed by atoms with van der Waals surface area (Å²) in [5, 5.41) is 0.347. The van der Waals surface area contributed by atoms with Crippen molar-refractivity contribution in [1.29, 1.82) is 0 Å². The Morgan fingerprint density at radius 1 is 1.55 bits per heavy atom. The van der Waals surface area contributed by atoms with Gasteiger partial charge in [0.05, 0.1) is 6.42 Å². The second-order valence-electron chi connectivity index (χ2n) is 2.12. The maximum atomic E-state index is 11.0. The van der Waals surface area contributed by atoms with Crippen LogP contribution >= 0.6 is 11.8 Å². The Hall–Kier alpha value is -1.10. The average Bonchev–Trinajstić information content (AvgIpc) is 2.34. The summed E-state index contributed by atoms with van der Waals surface area (Å²) in [6.45, 7) is 0. The van der Waals surface area contributed by atoms with Crippen molar-refractivity contribution in [1.82, 2.24) is 9.55 Å². The minimum atomic E-state index is -0.193. The molecule has 0 unspecified atom stereocenters. The number of thioether (sulfide) groups is 1. The average molecular weight is 168 g/mol. The van der Waals surface area contributed by atoms with Crippen LogP contribution in [0, 0.1) is 0 Å². The summed E-state index contributed by atoms with van der Waals surface area (Å²) in [6, 6.07) is 0. The first-order valence-corrected chi connectivity index (χ1v) is 3.86. The van der Waals surface area contributed by atoms with E-state index in [0.717, 1.165) is 11.8 Å². The molecule has 0 atom stereocenters. The lowest BCUT2D eigenvalue weighted by molar-refractivity contribution is -0.110. The Morgan fingerprint density at radius 2 is 2.36 bits per heavy atom. The van der Waals surface area contributed by atoms with Gasteiger partial charge in [-0.25, -0.2) is 4.98 Å². The van der Waals surface area contributed by atoms with E-state index in [1.165, 1.54) is 10.8 Å². The highest BCUT2D eigenvalue weighted by Gasteiger charge is 2.23. The number of fused-ring (bicyclic) bond motifs is 1. The third-order valence-corrected chi connectivity index (χ3v) is 2.23. The highest BCUT2D eigenvalue weighted by molar-refractivity contribution is 8.13. The molecule has 2 heterocycles. The van der Waals surface area contributed by atoms with E-state index in [9.17, 15) is 9.59 Å². The van der Waals surface area contributed by atoms with Gasteiger partial charge in [-0.15, -0.1) is 0 Å². The molecule has 0 amide bonds. The molecule has 5 heteroatoms. The van der Waals surface area contributed by atoms with Gasteiger partial charge in [0, 0.05) is 12.4 Å². The Balaban J connectivity index is 2.52. The summed E-state index contributed by atoms with van der Waals surface area (Å²) in [4.78, 5) is 25.7. The molecule has 4 nitrogen and oxygen atoms in total. The van der Waals surface area contributed by atoms with Crippen LogP contribution in [0.15, 0.2) is 17.6 Å². The molecular weight excluding hydrogens is 164 g/mol. The summed E-state index contributed by atoms with van der Waals surface area (Å²) >= 11 is 1.01. The van der Waals surface area contributed by atoms with Gasteiger partial charge in [-0.3, -0.25) is 14.2 Å². The second kappa shape index (κ2) is 2.20. The van der Waals surface area contributed by atoms with Crippen LogP contribution < -0.4 is 0 Å². The van der Waals surface area contributed by atoms with Gasteiger partial charge < -0.3 is 0 Å². The number of rotatable bonds is 0. The van der Waals surface area contributed by atoms with Crippen LogP contribution in [-0.2, 0) is 4.79 Å². The van der Waals surface area contributed by atoms with E-state index >= 15 is 0 Å². The zero-order valence-corrected chi connectivity index (χ0v) is 6.30. The Kier molecular flexibility index (Phi) is 1.32. The van der Waals surface area contributed by atoms with Gasteiger partial charge in [0.2, 0.25) is 11.0 Å². The largest absolute Gasteiger partial charge is 0.286 e. The van der Waals surface area contributed by atoms with Crippen molar-refractivity contribution in [2.75, 3.05) is 0 Å². The van der Waals surface area contributed by atoms with Crippen molar-refractivity contribution in [2.45, 2.75) is 11.6 Å². The van der Waals surface area contributed by atoms with Crippen molar-refractivity contribution in [3.63, 3.8) is 0 Å². The zero-order chi connectivity index (χ0) is 7.84. The molecular formula is C6H4N2O2S. The van der Waals surface area contributed by atoms with Crippen LogP contribution in [0.5, 0.6) is 0 Å². The molecule has 2 rings (SSSR count). The molecule has 56 valence electrons. The molecule has 0 N–H and O–H groups in total. The highest BCUT2D eigenvalue weighted by atomic mass is 32.2. The molecule has 1 aliphatic heterocycles. The van der Waals surface area contributed by atoms with Crippen LogP contribution in [0.1, 0.15) is 11.2 Å². The number of nitrogens with zero attached hydrogens (tertiary/aromatic N) is 2. The van der Waals surface area contributed by atoms with Gasteiger partial charge >= 0.3 is 0 Å². The quantitative estimate of drug-likeness (QED) is 0.531. The number of hydrogen-bond donors (Lipinski definition) is 0. The molecule has 0 fully saturated rings. The Morgan fingerprint density at radius 3 is 3.18 bits per heavy atom. The van der Waals surface area contributed by atoms with E-state index in [-0.39, 0.29) is 17.4 Å². The summed E-state index contributed by atoms with van der Waals surface area (Å²) < 4.78 is 1.39. The molecule has 0 radical (unpaired) electrons. The first-order valence-electron chi connectivity index (χ1n) is 3.04. The third-order valence-electron chi connectivity index (χ3n) is 1.38. The van der Waals surface area contributed by atoms with Crippen molar-refractivity contribution in [3.05, 3.63) is 12.4 Å². The number of imidazole rings is 1. The van der Waals surface area contributed by atoms with Crippen LogP contribution in [0.2, 0.25) is 0 Å². The fraction of sp³-hybridized carbons (Fsp3) is 0.167. The number of carbonyl (C=O) groups excluding carboxylic acids is 2. The fourth-order valence-electron chi connectivity index (χ4n) is 0.902. The molecule has 0 aromatic carbocycles. The topological polar surface area (TPSA) is 52.0 Å². The Labute approximate surface area is 66.6 Å². The predicted molar refractivity (Wildman–Crippen MR) is 38.3 cm³/mol. The van der Waals surface area contributed by atoms with Crippen LogP contribution in [0.3, 0.4) is 0 Å². The molecule has 0 spiro atoms.